The number of carbonyl (C=O) groups is 1. The van der Waals surface area contributed by atoms with Gasteiger partial charge in [-0.3, -0.25) is 4.79 Å². The number of esters is 1. The van der Waals surface area contributed by atoms with E-state index in [0.29, 0.717) is 66.8 Å². The lowest BCUT2D eigenvalue weighted by atomic mass is 10.1. The summed E-state index contributed by atoms with van der Waals surface area (Å²) in [6.45, 7) is 3.48. The third-order valence-electron chi connectivity index (χ3n) is 5.27. The van der Waals surface area contributed by atoms with Gasteiger partial charge in [-0.2, -0.15) is 0 Å². The number of nitrogens with one attached hydrogen (secondary N) is 1. The monoisotopic (exact) mass is 519 g/mol. The number of hydrogen-bond acceptors (Lipinski definition) is 8. The van der Waals surface area contributed by atoms with Crippen molar-refractivity contribution in [2.24, 2.45) is 0 Å². The highest BCUT2D eigenvalue weighted by Crippen LogP contribution is 2.35. The van der Waals surface area contributed by atoms with E-state index in [1.807, 2.05) is 6.07 Å². The predicted molar refractivity (Wildman–Crippen MR) is 137 cm³/mol. The molecule has 1 N–H and O–H groups in total. The second-order valence-electron chi connectivity index (χ2n) is 7.95. The average molecular weight is 520 g/mol. The van der Waals surface area contributed by atoms with Crippen molar-refractivity contribution >= 4 is 40.0 Å². The van der Waals surface area contributed by atoms with Crippen LogP contribution in [0.5, 0.6) is 11.5 Å². The van der Waals surface area contributed by atoms with Gasteiger partial charge in [0.2, 0.25) is 0 Å². The molecule has 0 atom stereocenters. The van der Waals surface area contributed by atoms with Gasteiger partial charge in [0, 0.05) is 30.7 Å². The largest absolute Gasteiger partial charge is 0.490 e. The predicted octanol–water partition coefficient (Wildman–Crippen LogP) is 6.08. The molecule has 1 aromatic heterocycles. The first kappa shape index (κ1) is 27.4. The first-order valence-corrected chi connectivity index (χ1v) is 12.3. The fourth-order valence-corrected chi connectivity index (χ4v) is 3.66. The van der Waals surface area contributed by atoms with Gasteiger partial charge in [-0.25, -0.2) is 14.4 Å². The normalized spacial score (nSPS) is 10.9. The molecule has 8 nitrogen and oxygen atoms in total. The molecular formula is C26H31ClFN3O5. The fraction of sp³-hybridized carbons (Fsp3) is 0.423. The molecule has 194 valence electrons. The highest BCUT2D eigenvalue weighted by molar-refractivity contribution is 6.31. The third-order valence-corrected chi connectivity index (χ3v) is 5.56. The van der Waals surface area contributed by atoms with Crippen molar-refractivity contribution in [1.29, 1.82) is 0 Å². The maximum Gasteiger partial charge on any atom is 0.305 e. The SMILES string of the molecule is CCOC(=O)CCCCCCOc1cc2c(Nc3ccc(F)c(Cl)c3)ncnc2cc1OCCOC. The Morgan fingerprint density at radius 3 is 2.56 bits per heavy atom. The maximum absolute atomic E-state index is 13.6. The number of ether oxygens (including phenoxy) is 4. The van der Waals surface area contributed by atoms with Crippen LogP contribution in [0.15, 0.2) is 36.7 Å². The summed E-state index contributed by atoms with van der Waals surface area (Å²) in [5.41, 5.74) is 1.24. The number of methoxy groups -OCH3 is 1. The Balaban J connectivity index is 1.70. The smallest absolute Gasteiger partial charge is 0.305 e. The Kier molecular flexibility index (Phi) is 11.0. The van der Waals surface area contributed by atoms with Crippen molar-refractivity contribution in [2.45, 2.75) is 39.0 Å². The number of anilines is 2. The van der Waals surface area contributed by atoms with E-state index in [0.717, 1.165) is 25.7 Å². The molecule has 0 amide bonds. The second-order valence-corrected chi connectivity index (χ2v) is 8.36. The van der Waals surface area contributed by atoms with Crippen molar-refractivity contribution < 1.29 is 28.1 Å². The molecule has 0 saturated carbocycles. The molecule has 1 heterocycles. The number of rotatable bonds is 15. The molecule has 3 rings (SSSR count). The van der Waals surface area contributed by atoms with E-state index in [1.54, 1.807) is 26.2 Å². The Morgan fingerprint density at radius 2 is 1.78 bits per heavy atom. The van der Waals surface area contributed by atoms with Gasteiger partial charge in [0.05, 0.1) is 30.4 Å². The number of hydrogen-bond donors (Lipinski definition) is 1. The third kappa shape index (κ3) is 8.20. The van der Waals surface area contributed by atoms with Crippen LogP contribution in [0.2, 0.25) is 5.02 Å². The first-order chi connectivity index (χ1) is 17.5. The van der Waals surface area contributed by atoms with E-state index in [9.17, 15) is 9.18 Å². The molecule has 0 spiro atoms. The van der Waals surface area contributed by atoms with Crippen molar-refractivity contribution in [2.75, 3.05) is 38.9 Å². The number of nitrogens with zero attached hydrogens (tertiary/aromatic N) is 2. The molecule has 2 aromatic carbocycles. The molecule has 0 fully saturated rings. The lowest BCUT2D eigenvalue weighted by Gasteiger charge is -2.15. The first-order valence-electron chi connectivity index (χ1n) is 11.9. The zero-order chi connectivity index (χ0) is 25.8. The van der Waals surface area contributed by atoms with E-state index < -0.39 is 5.82 Å². The molecule has 0 aliphatic heterocycles. The molecular weight excluding hydrogens is 489 g/mol. The molecule has 36 heavy (non-hydrogen) atoms. The van der Waals surface area contributed by atoms with Crippen LogP contribution in [0.3, 0.4) is 0 Å². The van der Waals surface area contributed by atoms with Crippen LogP contribution in [0.1, 0.15) is 39.0 Å². The zero-order valence-electron chi connectivity index (χ0n) is 20.5. The summed E-state index contributed by atoms with van der Waals surface area (Å²) in [4.78, 5) is 20.1. The summed E-state index contributed by atoms with van der Waals surface area (Å²) in [5, 5.41) is 3.89. The Hall–Kier alpha value is -3.17. The number of unbranched alkanes of at least 4 members (excludes halogenated alkanes) is 3. The van der Waals surface area contributed by atoms with Crippen LogP contribution in [-0.2, 0) is 14.3 Å². The van der Waals surface area contributed by atoms with Crippen molar-refractivity contribution in [3.8, 4) is 11.5 Å². The van der Waals surface area contributed by atoms with Crippen molar-refractivity contribution in [3.05, 3.63) is 47.5 Å². The Morgan fingerprint density at radius 1 is 1.00 bits per heavy atom. The lowest BCUT2D eigenvalue weighted by molar-refractivity contribution is -0.143. The van der Waals surface area contributed by atoms with E-state index in [4.69, 9.17) is 30.5 Å². The van der Waals surface area contributed by atoms with E-state index in [2.05, 4.69) is 15.3 Å². The summed E-state index contributed by atoms with van der Waals surface area (Å²) < 4.78 is 35.5. The highest BCUT2D eigenvalue weighted by Gasteiger charge is 2.13. The number of carbonyl (C=O) groups excluding carboxylic acids is 1. The van der Waals surface area contributed by atoms with Crippen LogP contribution in [-0.4, -0.2) is 49.5 Å². The summed E-state index contributed by atoms with van der Waals surface area (Å²) >= 11 is 5.92. The molecule has 10 heteroatoms. The van der Waals surface area contributed by atoms with E-state index in [-0.39, 0.29) is 11.0 Å². The van der Waals surface area contributed by atoms with Gasteiger partial charge in [0.15, 0.2) is 11.5 Å². The summed E-state index contributed by atoms with van der Waals surface area (Å²) in [6.07, 6.45) is 5.33. The standard InChI is InChI=1S/C26H31ClFN3O5/c1-3-34-25(32)8-6-4-5-7-11-35-23-15-19-22(16-24(23)36-13-12-33-2)29-17-30-26(19)31-18-9-10-21(28)20(27)14-18/h9-10,14-17H,3-8,11-13H2,1-2H3,(H,29,30,31). The minimum atomic E-state index is -0.496. The summed E-state index contributed by atoms with van der Waals surface area (Å²) in [7, 11) is 1.61. The van der Waals surface area contributed by atoms with Crippen LogP contribution in [0.25, 0.3) is 10.9 Å². The topological polar surface area (TPSA) is 91.8 Å². The van der Waals surface area contributed by atoms with Crippen LogP contribution >= 0.6 is 11.6 Å². The summed E-state index contributed by atoms with van der Waals surface area (Å²) in [6, 6.07) is 7.98. The quantitative estimate of drug-likeness (QED) is 0.191. The zero-order valence-corrected chi connectivity index (χ0v) is 21.3. The van der Waals surface area contributed by atoms with Crippen LogP contribution < -0.4 is 14.8 Å². The lowest BCUT2D eigenvalue weighted by Crippen LogP contribution is -2.07. The Labute approximate surface area is 215 Å². The van der Waals surface area contributed by atoms with Gasteiger partial charge < -0.3 is 24.3 Å². The van der Waals surface area contributed by atoms with Gasteiger partial charge >= 0.3 is 5.97 Å². The van der Waals surface area contributed by atoms with E-state index in [1.165, 1.54) is 18.5 Å². The number of halogens is 2. The van der Waals surface area contributed by atoms with Crippen molar-refractivity contribution in [1.82, 2.24) is 9.97 Å². The minimum Gasteiger partial charge on any atom is -0.490 e. The molecule has 0 bridgehead atoms. The number of fused-ring (bicyclic) bond motifs is 1. The van der Waals surface area contributed by atoms with Crippen molar-refractivity contribution in [3.63, 3.8) is 0 Å². The second kappa shape index (κ2) is 14.4. The molecule has 3 aromatic rings. The Bertz CT molecular complexity index is 1150. The number of aromatic nitrogens is 2. The highest BCUT2D eigenvalue weighted by atomic mass is 35.5. The van der Waals surface area contributed by atoms with Gasteiger partial charge in [-0.15, -0.1) is 0 Å². The van der Waals surface area contributed by atoms with Gasteiger partial charge in [-0.05, 0) is 44.0 Å². The number of benzene rings is 2. The van der Waals surface area contributed by atoms with E-state index >= 15 is 0 Å². The maximum atomic E-state index is 13.6. The molecule has 0 aliphatic rings. The molecule has 0 radical (unpaired) electrons. The molecule has 0 aliphatic carbocycles. The molecule has 0 saturated heterocycles. The average Bonchev–Trinajstić information content (AvgIpc) is 2.86. The van der Waals surface area contributed by atoms with Crippen LogP contribution in [0.4, 0.5) is 15.9 Å². The van der Waals surface area contributed by atoms with Crippen LogP contribution in [0, 0.1) is 5.82 Å². The molecule has 0 unspecified atom stereocenters. The van der Waals surface area contributed by atoms with Gasteiger partial charge in [-0.1, -0.05) is 24.4 Å². The minimum absolute atomic E-state index is 0.0125. The fourth-order valence-electron chi connectivity index (χ4n) is 3.48. The summed E-state index contributed by atoms with van der Waals surface area (Å²) in [5.74, 6) is 0.980. The van der Waals surface area contributed by atoms with Gasteiger partial charge in [0.25, 0.3) is 0 Å². The van der Waals surface area contributed by atoms with Gasteiger partial charge in [0.1, 0.15) is 24.6 Å².